The van der Waals surface area contributed by atoms with Crippen LogP contribution < -0.4 is 5.73 Å². The van der Waals surface area contributed by atoms with Crippen molar-refractivity contribution >= 4 is 11.9 Å². The molecule has 3 N–H and O–H groups in total. The number of carboxylic acids is 1. The number of nitrogens with two attached hydrogens (primary N) is 1. The molecule has 0 saturated carbocycles. The van der Waals surface area contributed by atoms with Crippen LogP contribution in [0.25, 0.3) is 0 Å². The Bertz CT molecular complexity index is 558. The van der Waals surface area contributed by atoms with Gasteiger partial charge in [0, 0.05) is 13.7 Å². The van der Waals surface area contributed by atoms with Crippen molar-refractivity contribution in [3.05, 3.63) is 12.2 Å². The van der Waals surface area contributed by atoms with Gasteiger partial charge in [-0.25, -0.2) is 4.79 Å². The molecule has 4 atom stereocenters. The lowest BCUT2D eigenvalue weighted by atomic mass is 9.98. The van der Waals surface area contributed by atoms with E-state index in [4.69, 9.17) is 34.6 Å². The van der Waals surface area contributed by atoms with Crippen molar-refractivity contribution in [1.29, 1.82) is 0 Å². The molecule has 0 aromatic rings. The second-order valence-corrected chi connectivity index (χ2v) is 7.08. The summed E-state index contributed by atoms with van der Waals surface area (Å²) in [5, 5.41) is 7.12. The van der Waals surface area contributed by atoms with Crippen LogP contribution in [0.5, 0.6) is 0 Å². The Hall–Kier alpha value is -1.69. The Morgan fingerprint density at radius 3 is 2.28 bits per heavy atom. The van der Waals surface area contributed by atoms with Gasteiger partial charge in [0.05, 0.1) is 13.2 Å². The minimum absolute atomic E-state index is 0.167. The SMILES string of the molecule is CCCCCCC/C=C/[C@@H]1OC[C@@H](OCC)[C@H](OC)[C@@H]1OC(=O)CN.O=C(O)C(F)(F)F. The van der Waals surface area contributed by atoms with E-state index in [9.17, 15) is 18.0 Å². The Morgan fingerprint density at radius 1 is 1.16 bits per heavy atom. The second kappa shape index (κ2) is 16.9. The van der Waals surface area contributed by atoms with E-state index in [0.29, 0.717) is 13.2 Å². The molecule has 0 spiro atoms. The molecule has 1 saturated heterocycles. The summed E-state index contributed by atoms with van der Waals surface area (Å²) in [6, 6.07) is 0. The Labute approximate surface area is 187 Å². The van der Waals surface area contributed by atoms with Crippen LogP contribution in [0, 0.1) is 0 Å². The maximum Gasteiger partial charge on any atom is 0.490 e. The number of unbranched alkanes of at least 4 members (excludes halogenated alkanes) is 5. The summed E-state index contributed by atoms with van der Waals surface area (Å²) in [4.78, 5) is 20.6. The number of ether oxygens (including phenoxy) is 4. The van der Waals surface area contributed by atoms with Crippen molar-refractivity contribution in [1.82, 2.24) is 0 Å². The normalized spacial score (nSPS) is 23.5. The number of carbonyl (C=O) groups excluding carboxylic acids is 1. The van der Waals surface area contributed by atoms with E-state index in [1.807, 2.05) is 13.0 Å². The highest BCUT2D eigenvalue weighted by molar-refractivity contribution is 5.73. The number of rotatable bonds is 12. The predicted octanol–water partition coefficient (Wildman–Crippen LogP) is 3.23. The summed E-state index contributed by atoms with van der Waals surface area (Å²) in [6.45, 7) is 4.92. The quantitative estimate of drug-likeness (QED) is 0.253. The minimum Gasteiger partial charge on any atom is -0.475 e. The summed E-state index contributed by atoms with van der Waals surface area (Å²) in [5.41, 5.74) is 5.39. The van der Waals surface area contributed by atoms with Crippen molar-refractivity contribution in [2.75, 3.05) is 26.9 Å². The Kier molecular flexibility index (Phi) is 16.0. The van der Waals surface area contributed by atoms with Gasteiger partial charge in [0.1, 0.15) is 18.3 Å². The summed E-state index contributed by atoms with van der Waals surface area (Å²) < 4.78 is 54.3. The van der Waals surface area contributed by atoms with Gasteiger partial charge in [0.25, 0.3) is 0 Å². The van der Waals surface area contributed by atoms with Gasteiger partial charge in [-0.1, -0.05) is 44.8 Å². The zero-order valence-electron chi connectivity index (χ0n) is 18.9. The van der Waals surface area contributed by atoms with Crippen LogP contribution in [0.4, 0.5) is 13.2 Å². The Morgan fingerprint density at radius 2 is 1.78 bits per heavy atom. The first-order valence-electron chi connectivity index (χ1n) is 10.7. The first kappa shape index (κ1) is 30.3. The van der Waals surface area contributed by atoms with Crippen LogP contribution >= 0.6 is 0 Å². The van der Waals surface area contributed by atoms with Crippen molar-refractivity contribution in [3.8, 4) is 0 Å². The molecular weight excluding hydrogens is 435 g/mol. The average molecular weight is 472 g/mol. The second-order valence-electron chi connectivity index (χ2n) is 7.08. The number of alkyl halides is 3. The van der Waals surface area contributed by atoms with E-state index >= 15 is 0 Å². The highest BCUT2D eigenvalue weighted by atomic mass is 19.4. The number of hydrogen-bond acceptors (Lipinski definition) is 7. The third kappa shape index (κ3) is 12.4. The van der Waals surface area contributed by atoms with Crippen LogP contribution in [0.15, 0.2) is 12.2 Å². The molecule has 188 valence electrons. The van der Waals surface area contributed by atoms with Crippen LogP contribution in [-0.4, -0.2) is 74.5 Å². The lowest BCUT2D eigenvalue weighted by Crippen LogP contribution is -2.56. The van der Waals surface area contributed by atoms with E-state index in [1.54, 1.807) is 7.11 Å². The summed E-state index contributed by atoms with van der Waals surface area (Å²) in [6.07, 6.45) is 4.68. The molecule has 1 rings (SSSR count). The molecule has 1 heterocycles. The van der Waals surface area contributed by atoms with Crippen molar-refractivity contribution in [2.45, 2.75) is 83.0 Å². The average Bonchev–Trinajstić information content (AvgIpc) is 2.74. The predicted molar refractivity (Wildman–Crippen MR) is 111 cm³/mol. The third-order valence-corrected chi connectivity index (χ3v) is 4.60. The molecule has 0 aromatic carbocycles. The molecule has 0 aliphatic carbocycles. The topological polar surface area (TPSA) is 117 Å². The minimum atomic E-state index is -5.08. The van der Waals surface area contributed by atoms with Gasteiger partial charge in [0.2, 0.25) is 0 Å². The molecule has 0 aromatic heterocycles. The number of aliphatic carboxylic acids is 1. The fraction of sp³-hybridized carbons (Fsp3) is 0.810. The first-order chi connectivity index (χ1) is 15.1. The number of carboxylic acid groups (broad SMARTS) is 1. The molecule has 0 bridgehead atoms. The van der Waals surface area contributed by atoms with Gasteiger partial charge in [-0.15, -0.1) is 0 Å². The monoisotopic (exact) mass is 471 g/mol. The number of carbonyl (C=O) groups is 2. The van der Waals surface area contributed by atoms with Crippen molar-refractivity contribution in [3.63, 3.8) is 0 Å². The van der Waals surface area contributed by atoms with Gasteiger partial charge < -0.3 is 29.8 Å². The standard InChI is InChI=1S/C19H35NO5.C2HF3O2/c1-4-6-7-8-9-10-11-12-15-19(25-17(21)13-20)18(22-3)16(14-24-15)23-5-2;3-2(4,5)1(6)7/h11-12,15-16,18-19H,4-10,13-14,20H2,1-3H3;(H,6,7)/b12-11+;/t15-,16+,18-,19+;/m0./s1. The zero-order valence-corrected chi connectivity index (χ0v) is 18.9. The number of allylic oxidation sites excluding steroid dienone is 1. The maximum atomic E-state index is 11.7. The van der Waals surface area contributed by atoms with Crippen LogP contribution in [-0.2, 0) is 28.5 Å². The first-order valence-corrected chi connectivity index (χ1v) is 10.7. The number of esters is 1. The van der Waals surface area contributed by atoms with Crippen LogP contribution in [0.2, 0.25) is 0 Å². The van der Waals surface area contributed by atoms with Crippen molar-refractivity contribution in [2.24, 2.45) is 5.73 Å². The highest BCUT2D eigenvalue weighted by Crippen LogP contribution is 2.24. The largest absolute Gasteiger partial charge is 0.490 e. The van der Waals surface area contributed by atoms with E-state index in [1.165, 1.54) is 25.7 Å². The number of methoxy groups -OCH3 is 1. The molecule has 0 radical (unpaired) electrons. The van der Waals surface area contributed by atoms with Crippen LogP contribution in [0.1, 0.15) is 52.4 Å². The molecule has 32 heavy (non-hydrogen) atoms. The van der Waals surface area contributed by atoms with E-state index in [2.05, 4.69) is 13.0 Å². The van der Waals surface area contributed by atoms with Gasteiger partial charge in [-0.2, -0.15) is 13.2 Å². The molecule has 0 amide bonds. The number of hydrogen-bond donors (Lipinski definition) is 2. The molecule has 1 fully saturated rings. The molecule has 1 aliphatic rings. The molecular formula is C21H36F3NO7. The van der Waals surface area contributed by atoms with Crippen molar-refractivity contribution < 1.29 is 46.8 Å². The van der Waals surface area contributed by atoms with Gasteiger partial charge in [0.15, 0.2) is 6.10 Å². The fourth-order valence-electron chi connectivity index (χ4n) is 3.03. The fourth-order valence-corrected chi connectivity index (χ4v) is 3.03. The Balaban J connectivity index is 0.00000118. The summed E-state index contributed by atoms with van der Waals surface area (Å²) in [7, 11) is 1.60. The van der Waals surface area contributed by atoms with E-state index in [-0.39, 0.29) is 24.9 Å². The summed E-state index contributed by atoms with van der Waals surface area (Å²) >= 11 is 0. The zero-order chi connectivity index (χ0) is 24.6. The van der Waals surface area contributed by atoms with Gasteiger partial charge in [-0.3, -0.25) is 4.79 Å². The maximum absolute atomic E-state index is 11.7. The lowest BCUT2D eigenvalue weighted by molar-refractivity contribution is -0.213. The lowest BCUT2D eigenvalue weighted by Gasteiger charge is -2.40. The summed E-state index contributed by atoms with van der Waals surface area (Å²) in [5.74, 6) is -3.22. The van der Waals surface area contributed by atoms with E-state index in [0.717, 1.165) is 12.8 Å². The third-order valence-electron chi connectivity index (χ3n) is 4.60. The van der Waals surface area contributed by atoms with E-state index < -0.39 is 24.2 Å². The smallest absolute Gasteiger partial charge is 0.475 e. The van der Waals surface area contributed by atoms with Gasteiger partial charge in [-0.05, 0) is 19.8 Å². The highest BCUT2D eigenvalue weighted by Gasteiger charge is 2.42. The molecule has 11 heteroatoms. The molecule has 8 nitrogen and oxygen atoms in total. The number of halogens is 3. The van der Waals surface area contributed by atoms with Crippen LogP contribution in [0.3, 0.4) is 0 Å². The van der Waals surface area contributed by atoms with Gasteiger partial charge >= 0.3 is 18.1 Å². The molecule has 0 unspecified atom stereocenters. The molecule has 1 aliphatic heterocycles.